The maximum atomic E-state index is 11.9. The molecule has 1 heterocycles. The van der Waals surface area contributed by atoms with Crippen LogP contribution in [0.25, 0.3) is 0 Å². The van der Waals surface area contributed by atoms with E-state index in [0.717, 1.165) is 18.3 Å². The van der Waals surface area contributed by atoms with Gasteiger partial charge in [0.2, 0.25) is 5.88 Å². The zero-order chi connectivity index (χ0) is 14.5. The van der Waals surface area contributed by atoms with Crippen molar-refractivity contribution in [1.82, 2.24) is 4.98 Å². The average molecular weight is 278 g/mol. The fraction of sp³-hybridized carbons (Fsp3) is 0.300. The lowest BCUT2D eigenvalue weighted by atomic mass is 10.3. The van der Waals surface area contributed by atoms with Crippen molar-refractivity contribution in [2.45, 2.75) is 6.18 Å². The van der Waals surface area contributed by atoms with Crippen molar-refractivity contribution in [2.75, 3.05) is 13.2 Å². The molecule has 1 amide bonds. The molecule has 9 heteroatoms. The molecule has 0 bridgehead atoms. The number of rotatable bonds is 5. The van der Waals surface area contributed by atoms with Crippen LogP contribution < -0.4 is 10.5 Å². The van der Waals surface area contributed by atoms with Gasteiger partial charge < -0.3 is 15.2 Å². The van der Waals surface area contributed by atoms with Crippen LogP contribution in [0.1, 0.15) is 10.4 Å². The van der Waals surface area contributed by atoms with Gasteiger partial charge in [-0.05, 0) is 6.07 Å². The number of esters is 1. The maximum Gasteiger partial charge on any atom is 0.422 e. The quantitative estimate of drug-likeness (QED) is 0.799. The van der Waals surface area contributed by atoms with Crippen LogP contribution in [-0.4, -0.2) is 36.3 Å². The van der Waals surface area contributed by atoms with E-state index in [1.165, 1.54) is 0 Å². The second-order valence-electron chi connectivity index (χ2n) is 3.33. The van der Waals surface area contributed by atoms with Crippen LogP contribution in [0.3, 0.4) is 0 Å². The molecule has 0 spiro atoms. The first-order chi connectivity index (χ1) is 8.78. The number of alkyl halides is 3. The monoisotopic (exact) mass is 278 g/mol. The van der Waals surface area contributed by atoms with Gasteiger partial charge in [0.15, 0.2) is 13.2 Å². The number of nitrogens with zero attached hydrogens (tertiary/aromatic N) is 1. The Labute approximate surface area is 105 Å². The second-order valence-corrected chi connectivity index (χ2v) is 3.33. The first kappa shape index (κ1) is 14.7. The van der Waals surface area contributed by atoms with E-state index in [-0.39, 0.29) is 11.4 Å². The molecular formula is C10H9F3N2O4. The number of aromatic nitrogens is 1. The highest BCUT2D eigenvalue weighted by molar-refractivity contribution is 5.90. The molecule has 2 N–H and O–H groups in total. The fourth-order valence-corrected chi connectivity index (χ4v) is 0.962. The number of amides is 1. The van der Waals surface area contributed by atoms with Gasteiger partial charge >= 0.3 is 12.1 Å². The normalized spacial score (nSPS) is 10.9. The van der Waals surface area contributed by atoms with Crippen molar-refractivity contribution in [3.8, 4) is 5.88 Å². The van der Waals surface area contributed by atoms with Crippen LogP contribution >= 0.6 is 0 Å². The van der Waals surface area contributed by atoms with Gasteiger partial charge in [-0.15, -0.1) is 0 Å². The Morgan fingerprint density at radius 2 is 2.00 bits per heavy atom. The lowest BCUT2D eigenvalue weighted by Crippen LogP contribution is -2.21. The largest absolute Gasteiger partial charge is 0.468 e. The molecular weight excluding hydrogens is 269 g/mol. The van der Waals surface area contributed by atoms with Crippen LogP contribution in [0, 0.1) is 0 Å². The van der Waals surface area contributed by atoms with Crippen molar-refractivity contribution in [1.29, 1.82) is 0 Å². The highest BCUT2D eigenvalue weighted by Crippen LogP contribution is 2.17. The maximum absolute atomic E-state index is 11.9. The molecule has 0 aliphatic heterocycles. The summed E-state index contributed by atoms with van der Waals surface area (Å²) in [5.74, 6) is -1.98. The Balaban J connectivity index is 2.56. The summed E-state index contributed by atoms with van der Waals surface area (Å²) < 4.78 is 44.4. The molecule has 0 atom stereocenters. The van der Waals surface area contributed by atoms with Crippen LogP contribution in [-0.2, 0) is 9.53 Å². The van der Waals surface area contributed by atoms with E-state index in [0.29, 0.717) is 0 Å². The average Bonchev–Trinajstić information content (AvgIpc) is 2.33. The molecule has 0 aliphatic carbocycles. The van der Waals surface area contributed by atoms with Gasteiger partial charge in [0.1, 0.15) is 0 Å². The molecule has 0 radical (unpaired) electrons. The molecule has 0 unspecified atom stereocenters. The molecule has 104 valence electrons. The van der Waals surface area contributed by atoms with Gasteiger partial charge in [0, 0.05) is 12.3 Å². The van der Waals surface area contributed by atoms with Gasteiger partial charge in [-0.25, -0.2) is 9.78 Å². The van der Waals surface area contributed by atoms with Gasteiger partial charge in [-0.1, -0.05) is 0 Å². The Kier molecular flexibility index (Phi) is 4.67. The van der Waals surface area contributed by atoms with Gasteiger partial charge in [-0.2, -0.15) is 13.2 Å². The Morgan fingerprint density at radius 3 is 2.47 bits per heavy atom. The zero-order valence-electron chi connectivity index (χ0n) is 9.44. The highest BCUT2D eigenvalue weighted by Gasteiger charge is 2.28. The molecule has 0 aromatic carbocycles. The standard InChI is InChI=1S/C10H9F3N2O4/c11-10(12,13)5-19-8-2-1-6(3-15-8)9(17)18-4-7(14)16/h1-3H,4-5H2,(H2,14,16). The predicted molar refractivity (Wildman–Crippen MR) is 55.3 cm³/mol. The summed E-state index contributed by atoms with van der Waals surface area (Å²) in [6.07, 6.45) is -3.50. The summed E-state index contributed by atoms with van der Waals surface area (Å²) in [6.45, 7) is -2.07. The lowest BCUT2D eigenvalue weighted by Gasteiger charge is -2.08. The van der Waals surface area contributed by atoms with Gasteiger partial charge in [0.05, 0.1) is 5.56 Å². The Bertz CT molecular complexity index is 459. The molecule has 1 rings (SSSR count). The van der Waals surface area contributed by atoms with E-state index in [1.54, 1.807) is 0 Å². The van der Waals surface area contributed by atoms with E-state index in [2.05, 4.69) is 14.5 Å². The first-order valence-corrected chi connectivity index (χ1v) is 4.89. The molecule has 19 heavy (non-hydrogen) atoms. The minimum Gasteiger partial charge on any atom is -0.468 e. The second kappa shape index (κ2) is 6.03. The van der Waals surface area contributed by atoms with E-state index < -0.39 is 31.3 Å². The highest BCUT2D eigenvalue weighted by atomic mass is 19.4. The van der Waals surface area contributed by atoms with Crippen molar-refractivity contribution in [3.05, 3.63) is 23.9 Å². The molecule has 1 aromatic rings. The molecule has 1 aromatic heterocycles. The van der Waals surface area contributed by atoms with Crippen molar-refractivity contribution < 1.29 is 32.2 Å². The molecule has 6 nitrogen and oxygen atoms in total. The number of hydrogen-bond acceptors (Lipinski definition) is 5. The minimum atomic E-state index is -4.47. The zero-order valence-corrected chi connectivity index (χ0v) is 9.44. The van der Waals surface area contributed by atoms with Gasteiger partial charge in [0.25, 0.3) is 5.91 Å². The SMILES string of the molecule is NC(=O)COC(=O)c1ccc(OCC(F)(F)F)nc1. The summed E-state index contributed by atoms with van der Waals surface area (Å²) in [5, 5.41) is 0. The minimum absolute atomic E-state index is 0.0411. The first-order valence-electron chi connectivity index (χ1n) is 4.89. The Morgan fingerprint density at radius 1 is 1.32 bits per heavy atom. The molecule has 0 fully saturated rings. The van der Waals surface area contributed by atoms with Crippen molar-refractivity contribution >= 4 is 11.9 Å². The van der Waals surface area contributed by atoms with Crippen molar-refractivity contribution in [3.63, 3.8) is 0 Å². The molecule has 0 saturated carbocycles. The summed E-state index contributed by atoms with van der Waals surface area (Å²) in [5.41, 5.74) is 4.72. The Hall–Kier alpha value is -2.32. The van der Waals surface area contributed by atoms with E-state index >= 15 is 0 Å². The summed E-state index contributed by atoms with van der Waals surface area (Å²) in [7, 11) is 0. The number of pyridine rings is 1. The number of nitrogens with two attached hydrogens (primary N) is 1. The van der Waals surface area contributed by atoms with E-state index in [9.17, 15) is 22.8 Å². The third kappa shape index (κ3) is 5.70. The smallest absolute Gasteiger partial charge is 0.422 e. The van der Waals surface area contributed by atoms with Crippen molar-refractivity contribution in [2.24, 2.45) is 5.73 Å². The summed E-state index contributed by atoms with van der Waals surface area (Å²) >= 11 is 0. The number of carbonyl (C=O) groups is 2. The number of ether oxygens (including phenoxy) is 2. The number of primary amides is 1. The predicted octanol–water partition coefficient (Wildman–Crippen LogP) is 0.665. The third-order valence-corrected chi connectivity index (χ3v) is 1.70. The number of hydrogen-bond donors (Lipinski definition) is 1. The van der Waals surface area contributed by atoms with E-state index in [1.807, 2.05) is 0 Å². The lowest BCUT2D eigenvalue weighted by molar-refractivity contribution is -0.154. The van der Waals surface area contributed by atoms with Crippen LogP contribution in [0.4, 0.5) is 13.2 Å². The number of carbonyl (C=O) groups excluding carboxylic acids is 2. The summed E-state index contributed by atoms with van der Waals surface area (Å²) in [4.78, 5) is 25.1. The summed E-state index contributed by atoms with van der Waals surface area (Å²) in [6, 6.07) is 2.23. The van der Waals surface area contributed by atoms with Crippen LogP contribution in [0.5, 0.6) is 5.88 Å². The fourth-order valence-electron chi connectivity index (χ4n) is 0.962. The molecule has 0 saturated heterocycles. The van der Waals surface area contributed by atoms with Crippen LogP contribution in [0.2, 0.25) is 0 Å². The number of halogens is 3. The van der Waals surface area contributed by atoms with Gasteiger partial charge in [-0.3, -0.25) is 4.79 Å². The molecule has 0 aliphatic rings. The van der Waals surface area contributed by atoms with Crippen LogP contribution in [0.15, 0.2) is 18.3 Å². The third-order valence-electron chi connectivity index (χ3n) is 1.70. The topological polar surface area (TPSA) is 91.5 Å². The van der Waals surface area contributed by atoms with E-state index in [4.69, 9.17) is 5.73 Å².